The monoisotopic (exact) mass is 191 g/mol. The van der Waals surface area contributed by atoms with Crippen LogP contribution < -0.4 is 11.5 Å². The first-order valence-electron chi connectivity index (χ1n) is 4.27. The third-order valence-corrected chi connectivity index (χ3v) is 1.88. The summed E-state index contributed by atoms with van der Waals surface area (Å²) in [6, 6.07) is 6.68. The molecule has 0 heterocycles. The normalized spacial score (nSPS) is 12.1. The molecule has 0 saturated heterocycles. The summed E-state index contributed by atoms with van der Waals surface area (Å²) in [5.74, 6) is 0.0199. The molecule has 4 nitrogen and oxygen atoms in total. The maximum atomic E-state index is 10.3. The Labute approximate surface area is 82.4 Å². The number of benzene rings is 1. The van der Waals surface area contributed by atoms with Gasteiger partial charge < -0.3 is 16.3 Å². The lowest BCUT2D eigenvalue weighted by atomic mass is 10.0. The minimum atomic E-state index is -0.489. The van der Waals surface area contributed by atoms with Crippen LogP contribution >= 0.6 is 0 Å². The van der Waals surface area contributed by atoms with Crippen molar-refractivity contribution < 1.29 is 4.79 Å². The number of carbonyl (C=O) groups is 1. The zero-order chi connectivity index (χ0) is 10.6. The molecular weight excluding hydrogens is 178 g/mol. The predicted molar refractivity (Wildman–Crippen MR) is 55.2 cm³/mol. The van der Waals surface area contributed by atoms with Crippen LogP contribution in [0, 0.1) is 5.41 Å². The molecule has 1 unspecified atom stereocenters. The average molecular weight is 191 g/mol. The quantitative estimate of drug-likeness (QED) is 0.356. The van der Waals surface area contributed by atoms with E-state index in [1.165, 1.54) is 0 Å². The lowest BCUT2D eigenvalue weighted by Crippen LogP contribution is -2.24. The van der Waals surface area contributed by atoms with E-state index in [-0.39, 0.29) is 5.84 Å². The summed E-state index contributed by atoms with van der Waals surface area (Å²) in [5, 5.41) is 7.24. The number of hydrogen-bond acceptors (Lipinski definition) is 3. The number of rotatable bonds is 4. The van der Waals surface area contributed by atoms with Gasteiger partial charge >= 0.3 is 0 Å². The molecule has 0 saturated carbocycles. The molecule has 74 valence electrons. The molecule has 4 heteroatoms. The van der Waals surface area contributed by atoms with E-state index in [1.54, 1.807) is 18.2 Å². The summed E-state index contributed by atoms with van der Waals surface area (Å²) < 4.78 is 0. The van der Waals surface area contributed by atoms with Gasteiger partial charge in [-0.25, -0.2) is 0 Å². The van der Waals surface area contributed by atoms with E-state index in [2.05, 4.69) is 0 Å². The molecule has 1 aromatic rings. The Kier molecular flexibility index (Phi) is 3.36. The van der Waals surface area contributed by atoms with Crippen LogP contribution in [-0.2, 0) is 11.2 Å². The average Bonchev–Trinajstić information content (AvgIpc) is 2.18. The molecule has 14 heavy (non-hydrogen) atoms. The van der Waals surface area contributed by atoms with E-state index in [0.717, 1.165) is 5.56 Å². The lowest BCUT2D eigenvalue weighted by molar-refractivity contribution is -0.108. The molecular formula is C10H13N3O. The number of nitrogens with one attached hydrogen (secondary N) is 1. The Morgan fingerprint density at radius 1 is 1.57 bits per heavy atom. The van der Waals surface area contributed by atoms with Crippen LogP contribution in [0.25, 0.3) is 0 Å². The second-order valence-electron chi connectivity index (χ2n) is 3.12. The summed E-state index contributed by atoms with van der Waals surface area (Å²) in [7, 11) is 0. The van der Waals surface area contributed by atoms with Crippen LogP contribution in [0.1, 0.15) is 11.1 Å². The Hall–Kier alpha value is -1.68. The zero-order valence-corrected chi connectivity index (χ0v) is 7.73. The van der Waals surface area contributed by atoms with Crippen LogP contribution in [0.4, 0.5) is 0 Å². The van der Waals surface area contributed by atoms with E-state index in [0.29, 0.717) is 18.3 Å². The Morgan fingerprint density at radius 2 is 2.29 bits per heavy atom. The van der Waals surface area contributed by atoms with Crippen LogP contribution in [0.15, 0.2) is 24.3 Å². The fourth-order valence-corrected chi connectivity index (χ4v) is 1.19. The van der Waals surface area contributed by atoms with Crippen molar-refractivity contribution in [3.8, 4) is 0 Å². The highest BCUT2D eigenvalue weighted by Crippen LogP contribution is 2.06. The van der Waals surface area contributed by atoms with E-state index >= 15 is 0 Å². The maximum Gasteiger partial charge on any atom is 0.137 e. The molecule has 0 aromatic heterocycles. The van der Waals surface area contributed by atoms with Crippen LogP contribution in [0.2, 0.25) is 0 Å². The number of aldehydes is 1. The third kappa shape index (κ3) is 2.67. The van der Waals surface area contributed by atoms with Crippen molar-refractivity contribution in [2.75, 3.05) is 0 Å². The third-order valence-electron chi connectivity index (χ3n) is 1.88. The second-order valence-corrected chi connectivity index (χ2v) is 3.12. The van der Waals surface area contributed by atoms with Gasteiger partial charge in [-0.1, -0.05) is 18.2 Å². The van der Waals surface area contributed by atoms with Gasteiger partial charge in [-0.05, 0) is 18.1 Å². The van der Waals surface area contributed by atoms with Crippen LogP contribution in [-0.4, -0.2) is 18.2 Å². The minimum absolute atomic E-state index is 0.0199. The number of nitrogen functional groups attached to an aromatic ring is 1. The van der Waals surface area contributed by atoms with Crippen molar-refractivity contribution in [3.05, 3.63) is 35.4 Å². The zero-order valence-electron chi connectivity index (χ0n) is 7.73. The molecule has 0 amide bonds. The highest BCUT2D eigenvalue weighted by atomic mass is 16.1. The Balaban J connectivity index is 2.83. The van der Waals surface area contributed by atoms with Gasteiger partial charge in [0.05, 0.1) is 6.04 Å². The van der Waals surface area contributed by atoms with Gasteiger partial charge in [0.15, 0.2) is 0 Å². The van der Waals surface area contributed by atoms with Gasteiger partial charge in [0, 0.05) is 5.56 Å². The highest BCUT2D eigenvalue weighted by Gasteiger charge is 2.03. The number of hydrogen-bond donors (Lipinski definition) is 3. The van der Waals surface area contributed by atoms with Crippen molar-refractivity contribution in [2.45, 2.75) is 12.5 Å². The second kappa shape index (κ2) is 4.53. The van der Waals surface area contributed by atoms with Gasteiger partial charge in [0.2, 0.25) is 0 Å². The molecule has 0 aliphatic rings. The van der Waals surface area contributed by atoms with Gasteiger partial charge in [-0.3, -0.25) is 5.41 Å². The van der Waals surface area contributed by atoms with E-state index < -0.39 is 6.04 Å². The van der Waals surface area contributed by atoms with Gasteiger partial charge in [-0.15, -0.1) is 0 Å². The molecule has 0 bridgehead atoms. The van der Waals surface area contributed by atoms with Crippen molar-refractivity contribution in [1.82, 2.24) is 0 Å². The maximum absolute atomic E-state index is 10.3. The SMILES string of the molecule is N=C(N)c1cccc(CC(N)C=O)c1. The fourth-order valence-electron chi connectivity index (χ4n) is 1.19. The standard InChI is InChI=1S/C10H13N3O/c11-9(6-14)5-7-2-1-3-8(4-7)10(12)13/h1-4,6,9H,5,11H2,(H3,12,13). The van der Waals surface area contributed by atoms with E-state index in [1.807, 2.05) is 6.07 Å². The topological polar surface area (TPSA) is 93.0 Å². The number of amidine groups is 1. The first kappa shape index (κ1) is 10.4. The van der Waals surface area contributed by atoms with Crippen molar-refractivity contribution in [3.63, 3.8) is 0 Å². The number of nitrogens with two attached hydrogens (primary N) is 2. The largest absolute Gasteiger partial charge is 0.384 e. The molecule has 1 aromatic carbocycles. The number of carbonyl (C=O) groups excluding carboxylic acids is 1. The van der Waals surface area contributed by atoms with Gasteiger partial charge in [0.1, 0.15) is 12.1 Å². The fraction of sp³-hybridized carbons (Fsp3) is 0.200. The Morgan fingerprint density at radius 3 is 2.86 bits per heavy atom. The molecule has 5 N–H and O–H groups in total. The summed E-state index contributed by atoms with van der Waals surface area (Å²) >= 11 is 0. The first-order chi connectivity index (χ1) is 6.63. The van der Waals surface area contributed by atoms with Crippen LogP contribution in [0.5, 0.6) is 0 Å². The molecule has 0 aliphatic heterocycles. The summed E-state index contributed by atoms with van der Waals surface area (Å²) in [5.41, 5.74) is 12.4. The first-order valence-corrected chi connectivity index (χ1v) is 4.27. The van der Waals surface area contributed by atoms with E-state index in [9.17, 15) is 4.79 Å². The molecule has 0 radical (unpaired) electrons. The predicted octanol–water partition coefficient (Wildman–Crippen LogP) is 0.0394. The molecule has 0 fully saturated rings. The van der Waals surface area contributed by atoms with Gasteiger partial charge in [0.25, 0.3) is 0 Å². The van der Waals surface area contributed by atoms with E-state index in [4.69, 9.17) is 16.9 Å². The summed E-state index contributed by atoms with van der Waals surface area (Å²) in [4.78, 5) is 10.3. The van der Waals surface area contributed by atoms with Crippen molar-refractivity contribution in [2.24, 2.45) is 11.5 Å². The summed E-state index contributed by atoms with van der Waals surface area (Å²) in [6.45, 7) is 0. The molecule has 1 rings (SSSR count). The molecule has 0 spiro atoms. The summed E-state index contributed by atoms with van der Waals surface area (Å²) in [6.07, 6.45) is 1.19. The molecule has 1 atom stereocenters. The minimum Gasteiger partial charge on any atom is -0.384 e. The van der Waals surface area contributed by atoms with Crippen LogP contribution in [0.3, 0.4) is 0 Å². The van der Waals surface area contributed by atoms with Crippen molar-refractivity contribution >= 4 is 12.1 Å². The lowest BCUT2D eigenvalue weighted by Gasteiger charge is -2.05. The Bertz CT molecular complexity index is 349. The highest BCUT2D eigenvalue weighted by molar-refractivity contribution is 5.95. The van der Waals surface area contributed by atoms with Gasteiger partial charge in [-0.2, -0.15) is 0 Å². The smallest absolute Gasteiger partial charge is 0.137 e. The molecule has 0 aliphatic carbocycles. The van der Waals surface area contributed by atoms with Crippen molar-refractivity contribution in [1.29, 1.82) is 5.41 Å².